The van der Waals surface area contributed by atoms with Crippen LogP contribution < -0.4 is 5.73 Å². The molecule has 0 amide bonds. The van der Waals surface area contributed by atoms with E-state index >= 15 is 0 Å². The molecule has 0 heterocycles. The largest absolute Gasteiger partial charge is 0.330 e. The Balaban J connectivity index is 3.56. The molecule has 2 heteroatoms. The lowest BCUT2D eigenvalue weighted by atomic mass is 10.2. The van der Waals surface area contributed by atoms with Crippen molar-refractivity contribution in [3.8, 4) is 0 Å². The molecule has 0 saturated heterocycles. The summed E-state index contributed by atoms with van der Waals surface area (Å²) >= 11 is 0. The number of nitrogens with zero attached hydrogens (tertiary/aromatic N) is 1. The zero-order valence-corrected chi connectivity index (χ0v) is 8.14. The summed E-state index contributed by atoms with van der Waals surface area (Å²) in [6.07, 6.45) is 2.36. The summed E-state index contributed by atoms with van der Waals surface area (Å²) in [4.78, 5) is 2.48. The number of hydrogen-bond acceptors (Lipinski definition) is 2. The maximum atomic E-state index is 5.45. The molecule has 2 nitrogen and oxygen atoms in total. The summed E-state index contributed by atoms with van der Waals surface area (Å²) in [5, 5.41) is 0. The van der Waals surface area contributed by atoms with Crippen LogP contribution in [-0.4, -0.2) is 30.6 Å². The fourth-order valence-corrected chi connectivity index (χ4v) is 1.24. The maximum Gasteiger partial charge on any atom is 0.00641 e. The molecule has 2 N–H and O–H groups in total. The van der Waals surface area contributed by atoms with Gasteiger partial charge in [0.15, 0.2) is 0 Å². The zero-order valence-electron chi connectivity index (χ0n) is 8.14. The van der Waals surface area contributed by atoms with Crippen LogP contribution in [0.4, 0.5) is 0 Å². The zero-order chi connectivity index (χ0) is 8.69. The molecule has 1 unspecified atom stereocenters. The van der Waals surface area contributed by atoms with Gasteiger partial charge in [0, 0.05) is 6.04 Å². The minimum Gasteiger partial charge on any atom is -0.330 e. The van der Waals surface area contributed by atoms with Crippen LogP contribution in [0, 0.1) is 0 Å². The van der Waals surface area contributed by atoms with E-state index in [0.29, 0.717) is 6.04 Å². The third-order valence-electron chi connectivity index (χ3n) is 2.27. The molecule has 0 aromatic heterocycles. The Labute approximate surface area is 70.8 Å². The summed E-state index contributed by atoms with van der Waals surface area (Å²) in [7, 11) is 0. The molecular formula is C9H22N2. The first-order valence-electron chi connectivity index (χ1n) is 4.70. The molecule has 0 spiro atoms. The summed E-state index contributed by atoms with van der Waals surface area (Å²) < 4.78 is 0. The average molecular weight is 158 g/mol. The normalized spacial score (nSPS) is 13.9. The van der Waals surface area contributed by atoms with Crippen molar-refractivity contribution in [1.29, 1.82) is 0 Å². The van der Waals surface area contributed by atoms with Gasteiger partial charge in [-0.2, -0.15) is 0 Å². The molecule has 0 aliphatic heterocycles. The number of rotatable bonds is 6. The lowest BCUT2D eigenvalue weighted by Gasteiger charge is -2.26. The molecule has 0 aromatic carbocycles. The first kappa shape index (κ1) is 10.9. The van der Waals surface area contributed by atoms with Crippen molar-refractivity contribution in [2.45, 2.75) is 39.7 Å². The van der Waals surface area contributed by atoms with Gasteiger partial charge in [-0.3, -0.25) is 0 Å². The summed E-state index contributed by atoms with van der Waals surface area (Å²) in [5.74, 6) is 0. The highest BCUT2D eigenvalue weighted by atomic mass is 15.1. The molecule has 0 radical (unpaired) electrons. The molecule has 0 bridgehead atoms. The summed E-state index contributed by atoms with van der Waals surface area (Å²) in [6.45, 7) is 9.84. The third-order valence-corrected chi connectivity index (χ3v) is 2.27. The van der Waals surface area contributed by atoms with Gasteiger partial charge in [-0.1, -0.05) is 13.8 Å². The minimum absolute atomic E-state index is 0.714. The van der Waals surface area contributed by atoms with Gasteiger partial charge >= 0.3 is 0 Å². The topological polar surface area (TPSA) is 29.3 Å². The average Bonchev–Trinajstić information content (AvgIpc) is 2.05. The first-order chi connectivity index (χ1) is 5.26. The van der Waals surface area contributed by atoms with Gasteiger partial charge in [-0.25, -0.2) is 0 Å². The van der Waals surface area contributed by atoms with E-state index in [1.54, 1.807) is 0 Å². The molecule has 0 aliphatic carbocycles. The molecule has 68 valence electrons. The first-order valence-corrected chi connectivity index (χ1v) is 4.70. The van der Waals surface area contributed by atoms with Crippen LogP contribution in [-0.2, 0) is 0 Å². The second kappa shape index (κ2) is 6.62. The molecular weight excluding hydrogens is 136 g/mol. The molecule has 0 fully saturated rings. The molecule has 0 aliphatic rings. The highest BCUT2D eigenvalue weighted by molar-refractivity contribution is 4.63. The van der Waals surface area contributed by atoms with Gasteiger partial charge in [0.2, 0.25) is 0 Å². The van der Waals surface area contributed by atoms with E-state index in [1.165, 1.54) is 6.42 Å². The Morgan fingerprint density at radius 1 is 1.36 bits per heavy atom. The summed E-state index contributed by atoms with van der Waals surface area (Å²) in [6, 6.07) is 0.714. The van der Waals surface area contributed by atoms with Gasteiger partial charge in [0.25, 0.3) is 0 Å². The lowest BCUT2D eigenvalue weighted by molar-refractivity contribution is 0.213. The van der Waals surface area contributed by atoms with E-state index in [4.69, 9.17) is 5.73 Å². The van der Waals surface area contributed by atoms with E-state index in [1.807, 2.05) is 0 Å². The predicted octanol–water partition coefficient (Wildman–Crippen LogP) is 1.46. The van der Waals surface area contributed by atoms with Gasteiger partial charge in [-0.15, -0.1) is 0 Å². The maximum absolute atomic E-state index is 5.45. The molecule has 0 saturated carbocycles. The van der Waals surface area contributed by atoms with E-state index < -0.39 is 0 Å². The van der Waals surface area contributed by atoms with Crippen LogP contribution in [0.25, 0.3) is 0 Å². The van der Waals surface area contributed by atoms with E-state index in [9.17, 15) is 0 Å². The Kier molecular flexibility index (Phi) is 6.57. The molecule has 0 aromatic rings. The predicted molar refractivity (Wildman–Crippen MR) is 50.7 cm³/mol. The van der Waals surface area contributed by atoms with Crippen molar-refractivity contribution in [2.24, 2.45) is 5.73 Å². The lowest BCUT2D eigenvalue weighted by Crippen LogP contribution is -2.34. The second-order valence-electron chi connectivity index (χ2n) is 3.03. The van der Waals surface area contributed by atoms with Crippen molar-refractivity contribution < 1.29 is 0 Å². The van der Waals surface area contributed by atoms with E-state index in [2.05, 4.69) is 25.7 Å². The van der Waals surface area contributed by atoms with Crippen molar-refractivity contribution in [1.82, 2.24) is 4.90 Å². The van der Waals surface area contributed by atoms with Crippen molar-refractivity contribution in [3.05, 3.63) is 0 Å². The fourth-order valence-electron chi connectivity index (χ4n) is 1.24. The van der Waals surface area contributed by atoms with E-state index in [0.717, 1.165) is 26.1 Å². The Morgan fingerprint density at radius 2 is 2.00 bits per heavy atom. The Hall–Kier alpha value is -0.0800. The molecule has 0 rings (SSSR count). The van der Waals surface area contributed by atoms with Gasteiger partial charge < -0.3 is 10.6 Å². The Morgan fingerprint density at radius 3 is 2.36 bits per heavy atom. The highest BCUT2D eigenvalue weighted by Crippen LogP contribution is 2.02. The molecule has 1 atom stereocenters. The standard InChI is InChI=1S/C9H22N2/c1-4-9(3)11(5-2)8-6-7-10/h9H,4-8,10H2,1-3H3. The smallest absolute Gasteiger partial charge is 0.00641 e. The van der Waals surface area contributed by atoms with E-state index in [-0.39, 0.29) is 0 Å². The SMILES string of the molecule is CCC(C)N(CC)CCCN. The minimum atomic E-state index is 0.714. The van der Waals surface area contributed by atoms with Crippen LogP contribution in [0.1, 0.15) is 33.6 Å². The summed E-state index contributed by atoms with van der Waals surface area (Å²) in [5.41, 5.74) is 5.45. The van der Waals surface area contributed by atoms with Gasteiger partial charge in [0.1, 0.15) is 0 Å². The monoisotopic (exact) mass is 158 g/mol. The number of nitrogens with two attached hydrogens (primary N) is 1. The van der Waals surface area contributed by atoms with Crippen LogP contribution in [0.3, 0.4) is 0 Å². The fraction of sp³-hybridized carbons (Fsp3) is 1.00. The Bertz CT molecular complexity index is 83.6. The molecule has 11 heavy (non-hydrogen) atoms. The van der Waals surface area contributed by atoms with Crippen LogP contribution in [0.15, 0.2) is 0 Å². The van der Waals surface area contributed by atoms with Crippen LogP contribution in [0.5, 0.6) is 0 Å². The van der Waals surface area contributed by atoms with Gasteiger partial charge in [-0.05, 0) is 39.4 Å². The second-order valence-corrected chi connectivity index (χ2v) is 3.03. The number of hydrogen-bond donors (Lipinski definition) is 1. The van der Waals surface area contributed by atoms with Crippen LogP contribution >= 0.6 is 0 Å². The quantitative estimate of drug-likeness (QED) is 0.634. The van der Waals surface area contributed by atoms with Crippen molar-refractivity contribution >= 4 is 0 Å². The van der Waals surface area contributed by atoms with Crippen molar-refractivity contribution in [2.75, 3.05) is 19.6 Å². The van der Waals surface area contributed by atoms with Crippen molar-refractivity contribution in [3.63, 3.8) is 0 Å². The van der Waals surface area contributed by atoms with Gasteiger partial charge in [0.05, 0.1) is 0 Å². The highest BCUT2D eigenvalue weighted by Gasteiger charge is 2.07. The van der Waals surface area contributed by atoms with Crippen LogP contribution in [0.2, 0.25) is 0 Å². The third kappa shape index (κ3) is 4.38.